The molecule has 1 fully saturated rings. The van der Waals surface area contributed by atoms with Crippen LogP contribution in [0.25, 0.3) is 11.4 Å². The number of piperazine rings is 1. The highest BCUT2D eigenvalue weighted by atomic mass is 19.4. The van der Waals surface area contributed by atoms with Crippen LogP contribution in [0.3, 0.4) is 0 Å². The van der Waals surface area contributed by atoms with E-state index in [2.05, 4.69) is 32.2 Å². The highest BCUT2D eigenvalue weighted by Crippen LogP contribution is 2.30. The molecule has 1 aromatic carbocycles. The lowest BCUT2D eigenvalue weighted by molar-refractivity contribution is -0.137. The SMILES string of the molecule is CCCCNC(=O)CN1CCN(Cc2nc(-c3ccc(C(F)(F)F)cc3)no2)CC1. The van der Waals surface area contributed by atoms with Gasteiger partial charge in [0.25, 0.3) is 0 Å². The predicted molar refractivity (Wildman–Crippen MR) is 104 cm³/mol. The van der Waals surface area contributed by atoms with E-state index in [1.807, 2.05) is 0 Å². The molecule has 3 rings (SSSR count). The fourth-order valence-corrected chi connectivity index (χ4v) is 3.21. The van der Waals surface area contributed by atoms with Crippen LogP contribution in [0, 0.1) is 0 Å². The highest BCUT2D eigenvalue weighted by Gasteiger charge is 2.30. The Morgan fingerprint density at radius 3 is 2.43 bits per heavy atom. The largest absolute Gasteiger partial charge is 0.416 e. The van der Waals surface area contributed by atoms with E-state index in [1.165, 1.54) is 12.1 Å². The maximum atomic E-state index is 12.7. The molecule has 1 amide bonds. The Balaban J connectivity index is 1.46. The van der Waals surface area contributed by atoms with Crippen molar-refractivity contribution in [2.24, 2.45) is 0 Å². The van der Waals surface area contributed by atoms with Crippen LogP contribution in [-0.2, 0) is 17.5 Å². The van der Waals surface area contributed by atoms with E-state index >= 15 is 0 Å². The summed E-state index contributed by atoms with van der Waals surface area (Å²) in [5, 5.41) is 6.80. The molecule has 1 aromatic heterocycles. The molecule has 0 aliphatic carbocycles. The molecule has 1 N–H and O–H groups in total. The van der Waals surface area contributed by atoms with E-state index in [-0.39, 0.29) is 11.7 Å². The Morgan fingerprint density at radius 2 is 1.80 bits per heavy atom. The fourth-order valence-electron chi connectivity index (χ4n) is 3.21. The molecule has 2 aromatic rings. The summed E-state index contributed by atoms with van der Waals surface area (Å²) >= 11 is 0. The van der Waals surface area contributed by atoms with E-state index < -0.39 is 11.7 Å². The van der Waals surface area contributed by atoms with Crippen LogP contribution in [0.4, 0.5) is 13.2 Å². The summed E-state index contributed by atoms with van der Waals surface area (Å²) in [5.41, 5.74) is -0.246. The number of hydrogen-bond donors (Lipinski definition) is 1. The first-order valence-corrected chi connectivity index (χ1v) is 10.1. The van der Waals surface area contributed by atoms with Crippen molar-refractivity contribution in [3.63, 3.8) is 0 Å². The molecule has 0 spiro atoms. The van der Waals surface area contributed by atoms with Gasteiger partial charge in [0.1, 0.15) is 0 Å². The number of amides is 1. The number of hydrogen-bond acceptors (Lipinski definition) is 6. The number of aromatic nitrogens is 2. The fraction of sp³-hybridized carbons (Fsp3) is 0.550. The molecule has 1 saturated heterocycles. The van der Waals surface area contributed by atoms with Gasteiger partial charge in [-0.15, -0.1) is 0 Å². The standard InChI is InChI=1S/C20H26F3N5O2/c1-2-3-8-24-17(29)13-27-9-11-28(12-10-27)14-18-25-19(26-30-18)15-4-6-16(7-5-15)20(21,22)23/h4-7H,2-3,8-14H2,1H3,(H,24,29). The van der Waals surface area contributed by atoms with Gasteiger partial charge in [0.05, 0.1) is 18.7 Å². The smallest absolute Gasteiger partial charge is 0.355 e. The van der Waals surface area contributed by atoms with Crippen LogP contribution in [0.2, 0.25) is 0 Å². The zero-order valence-corrected chi connectivity index (χ0v) is 16.9. The summed E-state index contributed by atoms with van der Waals surface area (Å²) in [7, 11) is 0. The molecule has 2 heterocycles. The Morgan fingerprint density at radius 1 is 1.13 bits per heavy atom. The summed E-state index contributed by atoms with van der Waals surface area (Å²) in [6.07, 6.45) is -2.34. The summed E-state index contributed by atoms with van der Waals surface area (Å²) in [4.78, 5) is 20.5. The van der Waals surface area contributed by atoms with Gasteiger partial charge in [-0.2, -0.15) is 18.2 Å². The third-order valence-electron chi connectivity index (χ3n) is 4.98. The highest BCUT2D eigenvalue weighted by molar-refractivity contribution is 5.77. The number of carbonyl (C=O) groups excluding carboxylic acids is 1. The minimum atomic E-state index is -4.38. The molecule has 10 heteroatoms. The van der Waals surface area contributed by atoms with Gasteiger partial charge in [-0.3, -0.25) is 14.6 Å². The molecule has 0 radical (unpaired) electrons. The van der Waals surface area contributed by atoms with Crippen molar-refractivity contribution in [3.8, 4) is 11.4 Å². The van der Waals surface area contributed by atoms with Crippen molar-refractivity contribution in [3.05, 3.63) is 35.7 Å². The second-order valence-electron chi connectivity index (χ2n) is 7.34. The van der Waals surface area contributed by atoms with Crippen molar-refractivity contribution in [2.75, 3.05) is 39.3 Å². The lowest BCUT2D eigenvalue weighted by atomic mass is 10.1. The Bertz CT molecular complexity index is 815. The van der Waals surface area contributed by atoms with Crippen LogP contribution < -0.4 is 5.32 Å². The van der Waals surface area contributed by atoms with Crippen LogP contribution in [0.5, 0.6) is 0 Å². The normalized spacial score (nSPS) is 16.0. The first kappa shape index (κ1) is 22.2. The zero-order chi connectivity index (χ0) is 21.6. The van der Waals surface area contributed by atoms with Crippen molar-refractivity contribution < 1.29 is 22.5 Å². The van der Waals surface area contributed by atoms with E-state index in [0.29, 0.717) is 31.1 Å². The monoisotopic (exact) mass is 425 g/mol. The van der Waals surface area contributed by atoms with Crippen LogP contribution >= 0.6 is 0 Å². The van der Waals surface area contributed by atoms with Crippen LogP contribution in [-0.4, -0.2) is 65.1 Å². The molecule has 1 aliphatic rings. The lowest BCUT2D eigenvalue weighted by Crippen LogP contribution is -2.49. The van der Waals surface area contributed by atoms with Crippen molar-refractivity contribution in [1.29, 1.82) is 0 Å². The second kappa shape index (κ2) is 10.0. The number of rotatable bonds is 8. The summed E-state index contributed by atoms with van der Waals surface area (Å²) in [6, 6.07) is 4.68. The topological polar surface area (TPSA) is 74.5 Å². The molecule has 0 unspecified atom stereocenters. The molecule has 0 saturated carbocycles. The van der Waals surface area contributed by atoms with Gasteiger partial charge < -0.3 is 9.84 Å². The van der Waals surface area contributed by atoms with Gasteiger partial charge in [0.15, 0.2) is 0 Å². The van der Waals surface area contributed by atoms with Gasteiger partial charge >= 0.3 is 6.18 Å². The van der Waals surface area contributed by atoms with Crippen molar-refractivity contribution in [1.82, 2.24) is 25.3 Å². The van der Waals surface area contributed by atoms with E-state index in [1.54, 1.807) is 0 Å². The number of unbranched alkanes of at least 4 members (excludes halogenated alkanes) is 1. The van der Waals surface area contributed by atoms with Crippen molar-refractivity contribution >= 4 is 5.91 Å². The molecule has 0 bridgehead atoms. The number of nitrogens with one attached hydrogen (secondary N) is 1. The third-order valence-corrected chi connectivity index (χ3v) is 4.98. The quantitative estimate of drug-likeness (QED) is 0.656. The van der Waals surface area contributed by atoms with Gasteiger partial charge in [-0.1, -0.05) is 30.6 Å². The Labute approximate surface area is 173 Å². The second-order valence-corrected chi connectivity index (χ2v) is 7.34. The molecular weight excluding hydrogens is 399 g/mol. The zero-order valence-electron chi connectivity index (χ0n) is 16.9. The molecule has 0 atom stereocenters. The van der Waals surface area contributed by atoms with Gasteiger partial charge in [0.2, 0.25) is 17.6 Å². The number of halogens is 3. The summed E-state index contributed by atoms with van der Waals surface area (Å²) < 4.78 is 43.3. The van der Waals surface area contributed by atoms with E-state index in [4.69, 9.17) is 4.52 Å². The molecule has 164 valence electrons. The van der Waals surface area contributed by atoms with Crippen LogP contribution in [0.1, 0.15) is 31.2 Å². The number of nitrogens with zero attached hydrogens (tertiary/aromatic N) is 4. The average molecular weight is 425 g/mol. The van der Waals surface area contributed by atoms with Crippen LogP contribution in [0.15, 0.2) is 28.8 Å². The molecule has 1 aliphatic heterocycles. The minimum absolute atomic E-state index is 0.0509. The Hall–Kier alpha value is -2.46. The first-order valence-electron chi connectivity index (χ1n) is 10.1. The number of benzene rings is 1. The molecular formula is C20H26F3N5O2. The number of alkyl halides is 3. The van der Waals surface area contributed by atoms with Crippen molar-refractivity contribution in [2.45, 2.75) is 32.5 Å². The molecule has 30 heavy (non-hydrogen) atoms. The molecule has 7 nitrogen and oxygen atoms in total. The lowest BCUT2D eigenvalue weighted by Gasteiger charge is -2.33. The maximum Gasteiger partial charge on any atom is 0.416 e. The predicted octanol–water partition coefficient (Wildman–Crippen LogP) is 2.79. The summed E-state index contributed by atoms with van der Waals surface area (Å²) in [5.74, 6) is 0.728. The maximum absolute atomic E-state index is 12.7. The van der Waals surface area contributed by atoms with Gasteiger partial charge in [-0.25, -0.2) is 0 Å². The van der Waals surface area contributed by atoms with Gasteiger partial charge in [0, 0.05) is 38.3 Å². The number of carbonyl (C=O) groups is 1. The van der Waals surface area contributed by atoms with E-state index in [9.17, 15) is 18.0 Å². The van der Waals surface area contributed by atoms with Gasteiger partial charge in [-0.05, 0) is 18.6 Å². The third kappa shape index (κ3) is 6.27. The average Bonchev–Trinajstić information content (AvgIpc) is 3.18. The Kier molecular flexibility index (Phi) is 7.43. The van der Waals surface area contributed by atoms with E-state index in [0.717, 1.165) is 51.2 Å². The first-order chi connectivity index (χ1) is 14.3. The summed E-state index contributed by atoms with van der Waals surface area (Å²) in [6.45, 7) is 6.72. The minimum Gasteiger partial charge on any atom is -0.355 e.